The Morgan fingerprint density at radius 2 is 2.00 bits per heavy atom. The predicted molar refractivity (Wildman–Crippen MR) is 105 cm³/mol. The SMILES string of the molecule is C[C@H](CC(F)(F)F)C(=O)N1CCC(O)(CN2Cc3cccnc3C2)C2(CCCC2)C1. The highest BCUT2D eigenvalue weighted by Gasteiger charge is 2.56. The van der Waals surface area contributed by atoms with Gasteiger partial charge in [-0.05, 0) is 30.9 Å². The highest BCUT2D eigenvalue weighted by Crippen LogP contribution is 2.52. The molecule has 1 aliphatic carbocycles. The summed E-state index contributed by atoms with van der Waals surface area (Å²) >= 11 is 0. The zero-order valence-corrected chi connectivity index (χ0v) is 17.4. The van der Waals surface area contributed by atoms with Crippen molar-refractivity contribution in [1.29, 1.82) is 0 Å². The first-order valence-corrected chi connectivity index (χ1v) is 10.8. The van der Waals surface area contributed by atoms with Gasteiger partial charge in [0.1, 0.15) is 0 Å². The van der Waals surface area contributed by atoms with Gasteiger partial charge in [-0.1, -0.05) is 25.8 Å². The van der Waals surface area contributed by atoms with Crippen LogP contribution >= 0.6 is 0 Å². The molecule has 0 aromatic carbocycles. The molecule has 1 amide bonds. The lowest BCUT2D eigenvalue weighted by Gasteiger charge is -2.53. The normalized spacial score (nSPS) is 27.4. The lowest BCUT2D eigenvalue weighted by atomic mass is 9.65. The fraction of sp³-hybridized carbons (Fsp3) is 0.727. The average molecular weight is 425 g/mol. The monoisotopic (exact) mass is 425 g/mol. The zero-order chi connectivity index (χ0) is 21.6. The molecule has 1 saturated carbocycles. The van der Waals surface area contributed by atoms with Crippen LogP contribution in [0.25, 0.3) is 0 Å². The Morgan fingerprint density at radius 3 is 2.67 bits per heavy atom. The minimum atomic E-state index is -4.35. The molecule has 1 aromatic heterocycles. The number of fused-ring (bicyclic) bond motifs is 1. The van der Waals surface area contributed by atoms with Crippen molar-refractivity contribution >= 4 is 5.91 Å². The molecule has 3 heterocycles. The maximum absolute atomic E-state index is 12.8. The van der Waals surface area contributed by atoms with Gasteiger partial charge in [0.05, 0.1) is 17.7 Å². The van der Waals surface area contributed by atoms with Gasteiger partial charge in [-0.2, -0.15) is 13.2 Å². The van der Waals surface area contributed by atoms with E-state index in [9.17, 15) is 23.1 Å². The molecule has 5 nitrogen and oxygen atoms in total. The summed E-state index contributed by atoms with van der Waals surface area (Å²) in [5.74, 6) is -1.53. The third kappa shape index (κ3) is 4.08. The minimum absolute atomic E-state index is 0.304. The highest BCUT2D eigenvalue weighted by atomic mass is 19.4. The maximum atomic E-state index is 12.8. The van der Waals surface area contributed by atoms with Gasteiger partial charge in [0.15, 0.2) is 0 Å². The first-order valence-electron chi connectivity index (χ1n) is 10.8. The Labute approximate surface area is 175 Å². The van der Waals surface area contributed by atoms with E-state index >= 15 is 0 Å². The number of carbonyl (C=O) groups is 1. The molecule has 1 saturated heterocycles. The first kappa shape index (κ1) is 21.6. The van der Waals surface area contributed by atoms with E-state index in [1.807, 2.05) is 6.07 Å². The summed E-state index contributed by atoms with van der Waals surface area (Å²) < 4.78 is 38.3. The number of nitrogens with zero attached hydrogens (tertiary/aromatic N) is 3. The van der Waals surface area contributed by atoms with Crippen LogP contribution in [-0.2, 0) is 17.9 Å². The van der Waals surface area contributed by atoms with Crippen LogP contribution in [0, 0.1) is 11.3 Å². The van der Waals surface area contributed by atoms with Gasteiger partial charge in [0, 0.05) is 50.3 Å². The highest BCUT2D eigenvalue weighted by molar-refractivity contribution is 5.78. The molecule has 8 heteroatoms. The molecule has 1 aromatic rings. The van der Waals surface area contributed by atoms with Gasteiger partial charge in [0.2, 0.25) is 5.91 Å². The molecule has 2 aliphatic heterocycles. The maximum Gasteiger partial charge on any atom is 0.389 e. The molecular weight excluding hydrogens is 395 g/mol. The number of piperidine rings is 1. The number of amides is 1. The van der Waals surface area contributed by atoms with Gasteiger partial charge in [-0.25, -0.2) is 0 Å². The topological polar surface area (TPSA) is 56.7 Å². The van der Waals surface area contributed by atoms with Crippen LogP contribution < -0.4 is 0 Å². The van der Waals surface area contributed by atoms with E-state index in [1.165, 1.54) is 12.5 Å². The molecule has 1 N–H and O–H groups in total. The Morgan fingerprint density at radius 1 is 1.27 bits per heavy atom. The Hall–Kier alpha value is -1.67. The van der Waals surface area contributed by atoms with Crippen molar-refractivity contribution in [2.75, 3.05) is 19.6 Å². The second kappa shape index (κ2) is 7.79. The van der Waals surface area contributed by atoms with Crippen LogP contribution in [0.3, 0.4) is 0 Å². The number of β-amino-alcohol motifs (C(OH)–C–C–N with tert-alkyl or cyclic N) is 1. The molecule has 2 atom stereocenters. The van der Waals surface area contributed by atoms with E-state index in [0.29, 0.717) is 32.6 Å². The standard InChI is InChI=1S/C22H30F3N3O2/c1-16(11-22(23,24)25)19(29)28-10-8-21(30,20(14-28)6-2-3-7-20)15-27-12-17-5-4-9-26-18(17)13-27/h4-5,9,16,30H,2-3,6-8,10-15H2,1H3/t16-,21?/m1/s1. The average Bonchev–Trinajstić information content (AvgIpc) is 3.29. The van der Waals surface area contributed by atoms with Crippen LogP contribution in [-0.4, -0.2) is 57.2 Å². The molecule has 30 heavy (non-hydrogen) atoms. The van der Waals surface area contributed by atoms with Crippen molar-refractivity contribution in [2.45, 2.75) is 70.3 Å². The lowest BCUT2D eigenvalue weighted by molar-refractivity contribution is -0.173. The van der Waals surface area contributed by atoms with Crippen LogP contribution in [0.4, 0.5) is 13.2 Å². The lowest BCUT2D eigenvalue weighted by Crippen LogP contribution is -2.64. The van der Waals surface area contributed by atoms with Gasteiger partial charge in [0.25, 0.3) is 0 Å². The van der Waals surface area contributed by atoms with E-state index in [1.54, 1.807) is 11.1 Å². The van der Waals surface area contributed by atoms with Crippen molar-refractivity contribution in [3.63, 3.8) is 0 Å². The summed E-state index contributed by atoms with van der Waals surface area (Å²) in [7, 11) is 0. The fourth-order valence-corrected chi connectivity index (χ4v) is 5.78. The number of likely N-dealkylation sites (tertiary alicyclic amines) is 1. The third-order valence-electron chi connectivity index (χ3n) is 7.34. The van der Waals surface area contributed by atoms with Gasteiger partial charge >= 0.3 is 6.18 Å². The first-order chi connectivity index (χ1) is 14.1. The summed E-state index contributed by atoms with van der Waals surface area (Å²) in [6, 6.07) is 3.97. The second-order valence-corrected chi connectivity index (χ2v) is 9.50. The Bertz CT molecular complexity index is 769. The van der Waals surface area contributed by atoms with Gasteiger partial charge in [-0.15, -0.1) is 0 Å². The third-order valence-corrected chi connectivity index (χ3v) is 7.34. The van der Waals surface area contributed by atoms with E-state index in [-0.39, 0.29) is 0 Å². The summed E-state index contributed by atoms with van der Waals surface area (Å²) in [5.41, 5.74) is 0.821. The molecule has 1 unspecified atom stereocenters. The van der Waals surface area contributed by atoms with Crippen LogP contribution in [0.1, 0.15) is 56.7 Å². The van der Waals surface area contributed by atoms with E-state index in [2.05, 4.69) is 16.0 Å². The predicted octanol–water partition coefficient (Wildman–Crippen LogP) is 3.51. The summed E-state index contributed by atoms with van der Waals surface area (Å²) in [5, 5.41) is 11.8. The summed E-state index contributed by atoms with van der Waals surface area (Å²) in [6.45, 7) is 3.95. The van der Waals surface area contributed by atoms with Crippen molar-refractivity contribution < 1.29 is 23.1 Å². The van der Waals surface area contributed by atoms with Gasteiger partial charge in [-0.3, -0.25) is 14.7 Å². The summed E-state index contributed by atoms with van der Waals surface area (Å²) in [6.07, 6.45) is 0.294. The molecular formula is C22H30F3N3O2. The smallest absolute Gasteiger partial charge is 0.388 e. The number of hydrogen-bond donors (Lipinski definition) is 1. The van der Waals surface area contributed by atoms with Crippen LogP contribution in [0.2, 0.25) is 0 Å². The van der Waals surface area contributed by atoms with Gasteiger partial charge < -0.3 is 10.0 Å². The molecule has 0 bridgehead atoms. The number of rotatable bonds is 4. The van der Waals surface area contributed by atoms with Crippen molar-refractivity contribution in [3.05, 3.63) is 29.6 Å². The van der Waals surface area contributed by atoms with E-state index in [4.69, 9.17) is 0 Å². The molecule has 3 aliphatic rings. The Kier molecular flexibility index (Phi) is 5.60. The van der Waals surface area contributed by atoms with Crippen LogP contribution in [0.5, 0.6) is 0 Å². The molecule has 2 fully saturated rings. The van der Waals surface area contributed by atoms with Crippen LogP contribution in [0.15, 0.2) is 18.3 Å². The largest absolute Gasteiger partial charge is 0.389 e. The fourth-order valence-electron chi connectivity index (χ4n) is 5.78. The van der Waals surface area contributed by atoms with Crippen molar-refractivity contribution in [1.82, 2.24) is 14.8 Å². The zero-order valence-electron chi connectivity index (χ0n) is 17.4. The number of hydrogen-bond acceptors (Lipinski definition) is 4. The molecule has 4 rings (SSSR count). The number of pyridine rings is 1. The van der Waals surface area contributed by atoms with E-state index in [0.717, 1.165) is 37.9 Å². The Balaban J connectivity index is 1.47. The number of carbonyl (C=O) groups excluding carboxylic acids is 1. The molecule has 0 radical (unpaired) electrons. The van der Waals surface area contributed by atoms with Crippen molar-refractivity contribution in [2.24, 2.45) is 11.3 Å². The second-order valence-electron chi connectivity index (χ2n) is 9.50. The van der Waals surface area contributed by atoms with E-state index < -0.39 is 35.4 Å². The number of halogens is 3. The number of aromatic nitrogens is 1. The number of aliphatic hydroxyl groups is 1. The van der Waals surface area contributed by atoms with Crippen molar-refractivity contribution in [3.8, 4) is 0 Å². The minimum Gasteiger partial charge on any atom is -0.388 e. The molecule has 166 valence electrons. The summed E-state index contributed by atoms with van der Waals surface area (Å²) in [4.78, 5) is 21.0. The number of alkyl halides is 3. The molecule has 1 spiro atoms. The quantitative estimate of drug-likeness (QED) is 0.802.